The van der Waals surface area contributed by atoms with E-state index in [1.807, 2.05) is 27.7 Å². The van der Waals surface area contributed by atoms with Crippen molar-refractivity contribution in [1.29, 1.82) is 0 Å². The summed E-state index contributed by atoms with van der Waals surface area (Å²) < 4.78 is 48.6. The number of hydrogen-bond donors (Lipinski definition) is 17. The Hall–Kier alpha value is -7.66. The number of ether oxygens (including phenoxy) is 7. The highest BCUT2D eigenvalue weighted by atomic mass is 31.2. The van der Waals surface area contributed by atoms with E-state index in [0.717, 1.165) is 50.1 Å². The third-order valence-electron chi connectivity index (χ3n) is 22.8. The topological polar surface area (TPSA) is 580 Å². The first-order chi connectivity index (χ1) is 62.0. The van der Waals surface area contributed by atoms with E-state index in [4.69, 9.17) is 33.2 Å². The number of fused-ring (bicyclic) bond motifs is 5. The molecule has 5 fully saturated rings. The summed E-state index contributed by atoms with van der Waals surface area (Å²) >= 11 is 0. The lowest BCUT2D eigenvalue weighted by Crippen LogP contribution is -2.32. The second-order valence-electron chi connectivity index (χ2n) is 37.6. The van der Waals surface area contributed by atoms with Crippen molar-refractivity contribution in [3.05, 3.63) is 74.2 Å². The van der Waals surface area contributed by atoms with Gasteiger partial charge in [-0.3, -0.25) is 52.2 Å². The maximum atomic E-state index is 12.3. The van der Waals surface area contributed by atoms with Crippen molar-refractivity contribution in [3.8, 4) is 5.88 Å². The fourth-order valence-electron chi connectivity index (χ4n) is 15.7. The van der Waals surface area contributed by atoms with Crippen LogP contribution in [-0.4, -0.2) is 398 Å². The van der Waals surface area contributed by atoms with E-state index in [9.17, 15) is 65.4 Å². The van der Waals surface area contributed by atoms with Gasteiger partial charge in [-0.05, 0) is 170 Å². The number of unbranched alkanes of at least 4 members (excludes halogenated alkanes) is 1. The lowest BCUT2D eigenvalue weighted by molar-refractivity contribution is -0.0363. The first-order valence-electron chi connectivity index (χ1n) is 44.4. The van der Waals surface area contributed by atoms with Gasteiger partial charge in [0.1, 0.15) is 84.2 Å². The van der Waals surface area contributed by atoms with Crippen molar-refractivity contribution in [3.63, 3.8) is 0 Å². The summed E-state index contributed by atoms with van der Waals surface area (Å²) in [5.41, 5.74) is 1.95. The van der Waals surface area contributed by atoms with Gasteiger partial charge in [-0.2, -0.15) is 19.9 Å². The summed E-state index contributed by atoms with van der Waals surface area (Å²) in [4.78, 5) is 91.9. The van der Waals surface area contributed by atoms with Crippen molar-refractivity contribution >= 4 is 140 Å². The van der Waals surface area contributed by atoms with Gasteiger partial charge >= 0.3 is 0 Å². The Morgan fingerprint density at radius 2 is 0.720 bits per heavy atom. The number of H-pyrrole nitrogens is 3. The molecule has 0 saturated carbocycles. The highest BCUT2D eigenvalue weighted by Gasteiger charge is 2.50. The van der Waals surface area contributed by atoms with Crippen molar-refractivity contribution in [2.24, 2.45) is 4.99 Å². The number of aromatic amines is 3. The summed E-state index contributed by atoms with van der Waals surface area (Å²) in [6.07, 6.45) is 21.3. The van der Waals surface area contributed by atoms with Crippen LogP contribution in [0.3, 0.4) is 0 Å². The maximum Gasteiger partial charge on any atom is 0.280 e. The number of aliphatic imine (C=N–C) groups is 1. The van der Waals surface area contributed by atoms with E-state index in [1.165, 1.54) is 32.7 Å². The fraction of sp³-hybridized carbons (Fsp3) is 0.655. The number of nitrogens with one attached hydrogen (secondary N) is 7. The molecule has 0 radical (unpaired) electrons. The van der Waals surface area contributed by atoms with Crippen LogP contribution in [0.25, 0.3) is 44.7 Å². The molecule has 6 aliphatic rings. The molecule has 734 valence electrons. The summed E-state index contributed by atoms with van der Waals surface area (Å²) in [5.74, 6) is 3.30. The zero-order valence-corrected chi connectivity index (χ0v) is 83.0. The van der Waals surface area contributed by atoms with E-state index in [0.29, 0.717) is 133 Å². The van der Waals surface area contributed by atoms with Gasteiger partial charge < -0.3 is 105 Å². The van der Waals surface area contributed by atoms with Gasteiger partial charge in [-0.25, -0.2) is 34.9 Å². The van der Waals surface area contributed by atoms with E-state index in [1.54, 1.807) is 35.8 Å². The molecule has 15 rings (SSSR count). The van der Waals surface area contributed by atoms with E-state index in [2.05, 4.69) is 196 Å². The van der Waals surface area contributed by atoms with Gasteiger partial charge in [0.05, 0.1) is 68.8 Å². The summed E-state index contributed by atoms with van der Waals surface area (Å²) in [7, 11) is 1.57. The molecule has 5 saturated heterocycles. The molecular weight excluding hydrogens is 1810 g/mol. The molecule has 132 heavy (non-hydrogen) atoms. The third kappa shape index (κ3) is 25.8. The maximum absolute atomic E-state index is 12.3. The number of amidine groups is 1. The summed E-state index contributed by atoms with van der Waals surface area (Å²) in [6, 6.07) is 0. The molecule has 0 bridgehead atoms. The molecule has 6 aliphatic heterocycles. The Kier molecular flexibility index (Phi) is 35.1. The minimum Gasteiger partial charge on any atom is -0.476 e. The van der Waals surface area contributed by atoms with Crippen LogP contribution in [0.15, 0.2) is 51.0 Å². The Morgan fingerprint density at radius 3 is 1.03 bits per heavy atom. The molecule has 21 atom stereocenters. The number of imidazole rings is 5. The quantitative estimate of drug-likeness (QED) is 0.0206. The van der Waals surface area contributed by atoms with Crippen molar-refractivity contribution < 1.29 is 84.2 Å². The van der Waals surface area contributed by atoms with Gasteiger partial charge in [0.15, 0.2) is 82.0 Å². The first kappa shape index (κ1) is 105. The van der Waals surface area contributed by atoms with Crippen LogP contribution in [0, 0.1) is 6.92 Å². The first-order valence-corrected chi connectivity index (χ1v) is 59.6. The number of aliphatic hydroxyl groups is 10. The van der Waals surface area contributed by atoms with E-state index in [-0.39, 0.29) is 33.2 Å². The minimum atomic E-state index is -1.27. The molecule has 0 spiro atoms. The second-order valence-corrected chi connectivity index (χ2v) is 59.2. The zero-order valence-electron chi connectivity index (χ0n) is 78.5. The number of anilines is 4. The predicted molar refractivity (Wildman–Crippen MR) is 527 cm³/mol. The van der Waals surface area contributed by atoms with Crippen LogP contribution in [0.4, 0.5) is 23.7 Å². The highest BCUT2D eigenvalue weighted by molar-refractivity contribution is 7.73. The van der Waals surface area contributed by atoms with Crippen LogP contribution in [0.2, 0.25) is 0 Å². The van der Waals surface area contributed by atoms with Crippen LogP contribution >= 0.6 is 34.4 Å². The smallest absolute Gasteiger partial charge is 0.280 e. The highest BCUT2D eigenvalue weighted by Crippen LogP contribution is 2.47. The van der Waals surface area contributed by atoms with Gasteiger partial charge in [-0.1, -0.05) is 20.3 Å². The molecule has 48 heteroatoms. The Morgan fingerprint density at radius 1 is 0.409 bits per heavy atom. The fourth-order valence-corrected chi connectivity index (χ4v) is 20.4. The van der Waals surface area contributed by atoms with Gasteiger partial charge in [0, 0.05) is 26.7 Å². The summed E-state index contributed by atoms with van der Waals surface area (Å²) in [6.45, 7) is 28.9. The lowest BCUT2D eigenvalue weighted by atomic mass is 10.1. The summed E-state index contributed by atoms with van der Waals surface area (Å²) in [5, 5.41) is 117. The lowest BCUT2D eigenvalue weighted by Gasteiger charge is -2.24. The number of aryl methyl sites for hydroxylation is 1. The van der Waals surface area contributed by atoms with E-state index < -0.39 is 163 Å². The SMILES string of the molecule is C=P(C)(C)CC[C@H]1OC(n2cnc3c(=O)[nH]c(NCC)nc32)[C@H](O)[C@@H]1O.C=P(C)(C)CC[C@H]1OC(n2cnc3c(=O)[nH]c(NCCC)nc32)[C@H](O)[C@@H]1O.C=P(C)(C)CC[C@H]1OC(n2cnc3c(=O)[nH]c(NCCCC)nc32)[C@H](O)[C@@H]1O.C=P(C)(C)CC[C@H]1OC(n2cnc3c(OCC)nc(C)nc32)[C@H](O)[C@@H]1O.C=P(C)(C)CC[C@H]1OC(n2cnc3c2NC(C)=NC3OC)[C@H](O)[C@@H]1O. The largest absolute Gasteiger partial charge is 0.476 e. The molecule has 15 heterocycles. The van der Waals surface area contributed by atoms with Crippen molar-refractivity contribution in [1.82, 2.24) is 87.6 Å². The molecule has 43 nitrogen and oxygen atoms in total. The van der Waals surface area contributed by atoms with Gasteiger partial charge in [0.2, 0.25) is 23.7 Å². The molecule has 9 aromatic heterocycles. The Balaban J connectivity index is 0.000000159. The average molecular weight is 1950 g/mol. The number of rotatable bonds is 32. The standard InChI is InChI=1S/C18H30N5O4P.C17H28N5O4P.C17H27N4O4P.C16H26N5O4P.C16H27N4O4P/c1-5-6-8-19-18-21-15-12(16(26)22-18)20-10-23(15)17-14(25)13(24)11(27-17)7-9-28(2,3)4;1-5-7-18-17-20-14-11(15(25)21-17)19-9-22(14)16-13(24)12(23)10(26-16)6-8-27(2,3)4;1-6-24-16-12-15(19-10(2)20-16)21(9-18-12)17-14(23)13(22)11(25-17)7-8-26(3,4)5;1-5-17-16-19-13-10(14(24)20-16)18-8-21(13)15-12(23)11(22)9(25-15)6-7-26(2,3)4;1-9-18-14-11(15(19-9)23-2)17-8-20(14)16-13(22)12(21)10(24-16)6-7-25(3,4)5/h10-11,13-14,17,24-25H,2,5-9H2,1,3-4H3,(H2,19,21,22,26);9-10,12-13,16,23-24H,2,5-8H2,1,3-4H3,(H2,18,20,21,25);9,11,13-14,17,22-23H,3,6-8H2,1-2,4-5H3;8-9,11-12,15,22-23H,2,5-7H2,1,3-4H3,(H2,17,19,20,24);8,10,12-13,15-16,21-22H,3,6-7H2,1-2,4-5H3,(H,18,19)/t11-,13-,14-,17?;10-,12-,13-,16?;11-,13-,14-,17?;9-,11-,12-,15?;10-,12-,13-,15?,16?/m11111/s1. The molecule has 9 aromatic rings. The third-order valence-corrected chi connectivity index (χ3v) is 30.2. The molecule has 17 N–H and O–H groups in total. The van der Waals surface area contributed by atoms with Crippen molar-refractivity contribution in [2.75, 3.05) is 152 Å². The molecule has 6 unspecified atom stereocenters. The Labute approximate surface area is 767 Å². The van der Waals surface area contributed by atoms with Gasteiger partial charge in [0.25, 0.3) is 16.7 Å². The van der Waals surface area contributed by atoms with Gasteiger partial charge in [-0.15, -0.1) is 65.9 Å². The van der Waals surface area contributed by atoms with E-state index >= 15 is 0 Å². The average Bonchev–Trinajstić information content (AvgIpc) is 1.64. The molecule has 0 aromatic carbocycles. The monoisotopic (exact) mass is 1940 g/mol. The van der Waals surface area contributed by atoms with Crippen LogP contribution in [-0.2, 0) is 28.4 Å². The number of nitrogens with zero attached hydrogens (tertiary/aromatic N) is 16. The van der Waals surface area contributed by atoms with Crippen molar-refractivity contribution in [2.45, 2.75) is 222 Å². The van der Waals surface area contributed by atoms with Crippen LogP contribution in [0.1, 0.15) is 135 Å². The predicted octanol–water partition coefficient (Wildman–Crippen LogP) is 4.32. The zero-order chi connectivity index (χ0) is 96.7. The normalized spacial score (nSPS) is 27.3. The molecule has 0 aliphatic carbocycles. The Bertz CT molecular complexity index is 5890. The number of hydrogen-bond acceptors (Lipinski definition) is 35. The molecular formula is C84H138N23O20P5. The van der Waals surface area contributed by atoms with Crippen LogP contribution < -0.4 is 42.7 Å². The number of aromatic nitrogens is 18. The number of methoxy groups -OCH3 is 1. The second kappa shape index (κ2) is 44.2. The number of aliphatic hydroxyl groups excluding tert-OH is 10. The molecule has 0 amide bonds. The van der Waals surface area contributed by atoms with Crippen LogP contribution in [0.5, 0.6) is 5.88 Å². The minimum absolute atomic E-state index is 0.158.